The highest BCUT2D eigenvalue weighted by molar-refractivity contribution is 7.19. The standard InChI is InChI=1S/C18H16N4OS/c1-3-23-15-10-5-4-9-14(15)17-21-22-16(19-20-18(22)24-17)13-8-6-7-12(2)11-13/h4-11H,3H2,1-2H3. The Morgan fingerprint density at radius 3 is 2.79 bits per heavy atom. The lowest BCUT2D eigenvalue weighted by Crippen LogP contribution is -1.95. The second-order valence-corrected chi connectivity index (χ2v) is 6.38. The van der Waals surface area contributed by atoms with Gasteiger partial charge < -0.3 is 4.74 Å². The number of hydrogen-bond acceptors (Lipinski definition) is 5. The van der Waals surface area contributed by atoms with Crippen LogP contribution in [0.1, 0.15) is 12.5 Å². The number of ether oxygens (including phenoxy) is 1. The fraction of sp³-hybridized carbons (Fsp3) is 0.167. The van der Waals surface area contributed by atoms with Crippen LogP contribution in [-0.2, 0) is 0 Å². The molecule has 0 aliphatic carbocycles. The first-order valence-corrected chi connectivity index (χ1v) is 8.59. The maximum Gasteiger partial charge on any atom is 0.235 e. The molecule has 0 unspecified atom stereocenters. The molecule has 0 fully saturated rings. The SMILES string of the molecule is CCOc1ccccc1-c1nn2c(-c3cccc(C)c3)nnc2s1. The Morgan fingerprint density at radius 1 is 1.08 bits per heavy atom. The van der Waals surface area contributed by atoms with Crippen LogP contribution >= 0.6 is 11.3 Å². The average molecular weight is 336 g/mol. The van der Waals surface area contributed by atoms with Crippen molar-refractivity contribution in [3.8, 4) is 27.7 Å². The molecule has 0 bridgehead atoms. The fourth-order valence-electron chi connectivity index (χ4n) is 2.61. The molecule has 5 nitrogen and oxygen atoms in total. The minimum absolute atomic E-state index is 0.621. The molecule has 0 amide bonds. The van der Waals surface area contributed by atoms with Gasteiger partial charge in [0, 0.05) is 5.56 Å². The first kappa shape index (κ1) is 14.8. The zero-order valence-corrected chi connectivity index (χ0v) is 14.2. The average Bonchev–Trinajstić information content (AvgIpc) is 3.16. The highest BCUT2D eigenvalue weighted by Gasteiger charge is 2.16. The van der Waals surface area contributed by atoms with E-state index in [1.165, 1.54) is 16.9 Å². The van der Waals surface area contributed by atoms with E-state index >= 15 is 0 Å². The van der Waals surface area contributed by atoms with Gasteiger partial charge in [0.1, 0.15) is 5.75 Å². The molecule has 4 rings (SSSR count). The van der Waals surface area contributed by atoms with E-state index < -0.39 is 0 Å². The van der Waals surface area contributed by atoms with Crippen LogP contribution in [0.3, 0.4) is 0 Å². The van der Waals surface area contributed by atoms with Crippen molar-refractivity contribution in [2.24, 2.45) is 0 Å². The number of benzene rings is 2. The molecule has 0 N–H and O–H groups in total. The van der Waals surface area contributed by atoms with Crippen molar-refractivity contribution in [1.82, 2.24) is 19.8 Å². The highest BCUT2D eigenvalue weighted by Crippen LogP contribution is 2.34. The molecule has 0 aliphatic rings. The molecule has 0 saturated carbocycles. The van der Waals surface area contributed by atoms with Gasteiger partial charge in [-0.3, -0.25) is 0 Å². The Kier molecular flexibility index (Phi) is 3.74. The molecule has 0 radical (unpaired) electrons. The van der Waals surface area contributed by atoms with Gasteiger partial charge in [-0.15, -0.1) is 10.2 Å². The molecule has 0 atom stereocenters. The van der Waals surface area contributed by atoms with E-state index in [1.807, 2.05) is 43.3 Å². The molecule has 4 aromatic rings. The zero-order valence-electron chi connectivity index (χ0n) is 13.4. The van der Waals surface area contributed by atoms with Gasteiger partial charge in [0.15, 0.2) is 10.8 Å². The van der Waals surface area contributed by atoms with E-state index in [0.717, 1.165) is 32.7 Å². The maximum absolute atomic E-state index is 5.72. The van der Waals surface area contributed by atoms with E-state index in [4.69, 9.17) is 9.84 Å². The number of rotatable bonds is 4. The largest absolute Gasteiger partial charge is 0.493 e. The maximum atomic E-state index is 5.72. The van der Waals surface area contributed by atoms with Crippen molar-refractivity contribution < 1.29 is 4.74 Å². The van der Waals surface area contributed by atoms with E-state index in [9.17, 15) is 0 Å². The smallest absolute Gasteiger partial charge is 0.235 e. The number of nitrogens with zero attached hydrogens (tertiary/aromatic N) is 4. The Balaban J connectivity index is 1.83. The summed E-state index contributed by atoms with van der Waals surface area (Å²) >= 11 is 1.51. The van der Waals surface area contributed by atoms with Gasteiger partial charge in [-0.05, 0) is 32.0 Å². The molecule has 2 aromatic heterocycles. The predicted octanol–water partition coefficient (Wildman–Crippen LogP) is 4.23. The van der Waals surface area contributed by atoms with E-state index in [0.29, 0.717) is 6.61 Å². The molecule has 0 saturated heterocycles. The lowest BCUT2D eigenvalue weighted by molar-refractivity contribution is 0.341. The van der Waals surface area contributed by atoms with Crippen LogP contribution in [0.5, 0.6) is 5.75 Å². The van der Waals surface area contributed by atoms with Crippen LogP contribution in [0, 0.1) is 6.92 Å². The number of para-hydroxylation sites is 1. The topological polar surface area (TPSA) is 52.3 Å². The van der Waals surface area contributed by atoms with E-state index in [2.05, 4.69) is 29.3 Å². The van der Waals surface area contributed by atoms with Gasteiger partial charge in [0.25, 0.3) is 0 Å². The van der Waals surface area contributed by atoms with Gasteiger partial charge >= 0.3 is 0 Å². The number of aromatic nitrogens is 4. The summed E-state index contributed by atoms with van der Waals surface area (Å²) in [7, 11) is 0. The third-order valence-corrected chi connectivity index (χ3v) is 4.62. The third-order valence-electron chi connectivity index (χ3n) is 3.68. The van der Waals surface area contributed by atoms with Crippen LogP contribution in [-0.4, -0.2) is 26.4 Å². The molecule has 24 heavy (non-hydrogen) atoms. The molecular weight excluding hydrogens is 320 g/mol. The first-order valence-electron chi connectivity index (χ1n) is 7.77. The van der Waals surface area contributed by atoms with Crippen LogP contribution in [0.4, 0.5) is 0 Å². The monoisotopic (exact) mass is 336 g/mol. The summed E-state index contributed by atoms with van der Waals surface area (Å²) in [6.07, 6.45) is 0. The van der Waals surface area contributed by atoms with Crippen molar-refractivity contribution in [3.05, 3.63) is 54.1 Å². The molecular formula is C18H16N4OS. The fourth-order valence-corrected chi connectivity index (χ4v) is 3.48. The van der Waals surface area contributed by atoms with Crippen molar-refractivity contribution in [3.63, 3.8) is 0 Å². The van der Waals surface area contributed by atoms with Crippen molar-refractivity contribution in [2.75, 3.05) is 6.61 Å². The Bertz CT molecular complexity index is 1010. The molecule has 0 spiro atoms. The van der Waals surface area contributed by atoms with Crippen molar-refractivity contribution in [2.45, 2.75) is 13.8 Å². The van der Waals surface area contributed by atoms with Gasteiger partial charge in [0.05, 0.1) is 12.2 Å². The summed E-state index contributed by atoms with van der Waals surface area (Å²) in [4.78, 5) is 0.771. The second-order valence-electron chi connectivity index (χ2n) is 5.42. The first-order chi connectivity index (χ1) is 11.8. The normalized spacial score (nSPS) is 11.1. The van der Waals surface area contributed by atoms with Gasteiger partial charge in [-0.2, -0.15) is 9.61 Å². The molecule has 2 aromatic carbocycles. The molecule has 0 aliphatic heterocycles. The summed E-state index contributed by atoms with van der Waals surface area (Å²) in [6.45, 7) is 4.66. The summed E-state index contributed by atoms with van der Waals surface area (Å²) in [5.41, 5.74) is 3.17. The number of fused-ring (bicyclic) bond motifs is 1. The molecule has 2 heterocycles. The van der Waals surface area contributed by atoms with Gasteiger partial charge in [-0.1, -0.05) is 47.2 Å². The molecule has 6 heteroatoms. The Labute approximate surface area is 143 Å². The number of aryl methyl sites for hydroxylation is 1. The number of hydrogen-bond donors (Lipinski definition) is 0. The van der Waals surface area contributed by atoms with Crippen molar-refractivity contribution >= 4 is 16.3 Å². The minimum Gasteiger partial charge on any atom is -0.493 e. The summed E-state index contributed by atoms with van der Waals surface area (Å²) in [5.74, 6) is 1.59. The predicted molar refractivity (Wildman–Crippen MR) is 95.4 cm³/mol. The van der Waals surface area contributed by atoms with E-state index in [1.54, 1.807) is 4.52 Å². The quantitative estimate of drug-likeness (QED) is 0.560. The lowest BCUT2D eigenvalue weighted by Gasteiger charge is -2.06. The Morgan fingerprint density at radius 2 is 1.96 bits per heavy atom. The summed E-state index contributed by atoms with van der Waals surface area (Å²) in [6, 6.07) is 16.1. The Hall–Kier alpha value is -2.73. The lowest BCUT2D eigenvalue weighted by atomic mass is 10.1. The second kappa shape index (κ2) is 6.05. The summed E-state index contributed by atoms with van der Waals surface area (Å²) in [5, 5.41) is 14.2. The molecule has 120 valence electrons. The third kappa shape index (κ3) is 2.55. The summed E-state index contributed by atoms with van der Waals surface area (Å²) < 4.78 is 7.52. The highest BCUT2D eigenvalue weighted by atomic mass is 32.1. The van der Waals surface area contributed by atoms with Crippen LogP contribution in [0.25, 0.3) is 26.9 Å². The van der Waals surface area contributed by atoms with E-state index in [-0.39, 0.29) is 0 Å². The van der Waals surface area contributed by atoms with Crippen LogP contribution in [0.15, 0.2) is 48.5 Å². The van der Waals surface area contributed by atoms with Crippen LogP contribution in [0.2, 0.25) is 0 Å². The van der Waals surface area contributed by atoms with Gasteiger partial charge in [-0.25, -0.2) is 0 Å². The zero-order chi connectivity index (χ0) is 16.5. The van der Waals surface area contributed by atoms with Crippen LogP contribution < -0.4 is 4.74 Å². The minimum atomic E-state index is 0.621. The van der Waals surface area contributed by atoms with Gasteiger partial charge in [0.2, 0.25) is 4.96 Å². The van der Waals surface area contributed by atoms with Crippen molar-refractivity contribution in [1.29, 1.82) is 0 Å².